The van der Waals surface area contributed by atoms with E-state index in [0.29, 0.717) is 0 Å². The molecule has 0 fully saturated rings. The lowest BCUT2D eigenvalue weighted by Crippen LogP contribution is -2.01. The molecule has 0 heterocycles. The summed E-state index contributed by atoms with van der Waals surface area (Å²) in [6.45, 7) is 2.09. The highest BCUT2D eigenvalue weighted by molar-refractivity contribution is 5.27. The topological polar surface area (TPSA) is 46.2 Å². The molecule has 0 aliphatic heterocycles. The van der Waals surface area contributed by atoms with Crippen molar-refractivity contribution in [3.8, 4) is 0 Å². The Morgan fingerprint density at radius 1 is 1.38 bits per heavy atom. The Balaban J connectivity index is 2.87. The predicted molar refractivity (Wildman–Crippen MR) is 67.7 cm³/mol. The number of rotatable bonds is 5. The quantitative estimate of drug-likeness (QED) is 0.745. The number of benzene rings is 1. The third kappa shape index (κ3) is 3.55. The van der Waals surface area contributed by atoms with Crippen molar-refractivity contribution in [2.75, 3.05) is 0 Å². The lowest BCUT2D eigenvalue weighted by molar-refractivity contribution is 0.211. The Kier molecular flexibility index (Phi) is 5.37. The van der Waals surface area contributed by atoms with Gasteiger partial charge >= 0.3 is 0 Å². The van der Waals surface area contributed by atoms with Crippen molar-refractivity contribution < 1.29 is 5.11 Å². The van der Waals surface area contributed by atoms with E-state index in [9.17, 15) is 5.11 Å². The van der Waals surface area contributed by atoms with Crippen LogP contribution in [-0.2, 0) is 0 Å². The fourth-order valence-corrected chi connectivity index (χ4v) is 1.63. The third-order valence-corrected chi connectivity index (χ3v) is 2.43. The smallest absolute Gasteiger partial charge is 0.100 e. The van der Waals surface area contributed by atoms with E-state index in [1.165, 1.54) is 6.20 Å². The maximum atomic E-state index is 10.2. The van der Waals surface area contributed by atoms with Crippen molar-refractivity contribution >= 4 is 0 Å². The van der Waals surface area contributed by atoms with Gasteiger partial charge in [0.25, 0.3) is 0 Å². The van der Waals surface area contributed by atoms with E-state index < -0.39 is 6.10 Å². The van der Waals surface area contributed by atoms with Crippen LogP contribution in [0.2, 0.25) is 0 Å². The first-order valence-corrected chi connectivity index (χ1v) is 5.60. The van der Waals surface area contributed by atoms with Gasteiger partial charge in [0.1, 0.15) is 6.10 Å². The summed E-state index contributed by atoms with van der Waals surface area (Å²) >= 11 is 0. The second kappa shape index (κ2) is 6.85. The van der Waals surface area contributed by atoms with E-state index in [1.807, 2.05) is 36.4 Å². The molecule has 0 aromatic heterocycles. The van der Waals surface area contributed by atoms with E-state index in [-0.39, 0.29) is 0 Å². The van der Waals surface area contributed by atoms with Gasteiger partial charge in [-0.3, -0.25) is 0 Å². The van der Waals surface area contributed by atoms with Gasteiger partial charge in [0.05, 0.1) is 0 Å². The lowest BCUT2D eigenvalue weighted by Gasteiger charge is -2.14. The van der Waals surface area contributed by atoms with E-state index in [2.05, 4.69) is 6.92 Å². The summed E-state index contributed by atoms with van der Waals surface area (Å²) in [5, 5.41) is 10.2. The zero-order valence-corrected chi connectivity index (χ0v) is 9.63. The second-order valence-electron chi connectivity index (χ2n) is 3.69. The predicted octanol–water partition coefficient (Wildman–Crippen LogP) is 2.92. The highest BCUT2D eigenvalue weighted by Crippen LogP contribution is 2.24. The molecule has 2 nitrogen and oxygen atoms in total. The molecule has 0 saturated heterocycles. The number of aliphatic hydroxyl groups excluding tert-OH is 1. The number of allylic oxidation sites excluding steroid dienone is 2. The molecule has 1 rings (SSSR count). The van der Waals surface area contributed by atoms with Crippen LogP contribution in [-0.4, -0.2) is 5.11 Å². The minimum absolute atomic E-state index is 0.530. The first-order valence-electron chi connectivity index (χ1n) is 5.60. The largest absolute Gasteiger partial charge is 0.405 e. The Labute approximate surface area is 97.1 Å². The van der Waals surface area contributed by atoms with Crippen LogP contribution in [0.25, 0.3) is 0 Å². The zero-order valence-electron chi connectivity index (χ0n) is 9.63. The Morgan fingerprint density at radius 3 is 2.62 bits per heavy atom. The van der Waals surface area contributed by atoms with Crippen molar-refractivity contribution in [3.05, 3.63) is 59.8 Å². The van der Waals surface area contributed by atoms with Crippen LogP contribution in [0.5, 0.6) is 0 Å². The number of aliphatic hydroxyl groups is 1. The first-order chi connectivity index (χ1) is 7.79. The van der Waals surface area contributed by atoms with E-state index in [0.717, 1.165) is 24.0 Å². The van der Waals surface area contributed by atoms with Gasteiger partial charge in [0.15, 0.2) is 0 Å². The van der Waals surface area contributed by atoms with Gasteiger partial charge in [-0.15, -0.1) is 0 Å². The molecule has 0 saturated carbocycles. The van der Waals surface area contributed by atoms with Gasteiger partial charge in [-0.1, -0.05) is 49.8 Å². The molecular formula is C14H19NO. The summed E-state index contributed by atoms with van der Waals surface area (Å²) in [5.74, 6) is 0. The second-order valence-corrected chi connectivity index (χ2v) is 3.69. The monoisotopic (exact) mass is 217 g/mol. The van der Waals surface area contributed by atoms with Crippen LogP contribution in [0, 0.1) is 0 Å². The standard InChI is InChI=1S/C14H19NO/c1-2-7-12(10-6-11-15)14(16)13-8-4-3-5-9-13/h3-6,8-11,14,16H,2,7,15H2,1H3/b11-6-,12-10-. The maximum absolute atomic E-state index is 10.2. The van der Waals surface area contributed by atoms with E-state index in [4.69, 9.17) is 5.73 Å². The minimum atomic E-state index is -0.530. The van der Waals surface area contributed by atoms with Crippen molar-refractivity contribution in [2.45, 2.75) is 25.9 Å². The SMILES string of the molecule is CCC/C(=C/C=C\N)C(O)c1ccccc1. The molecule has 3 N–H and O–H groups in total. The highest BCUT2D eigenvalue weighted by atomic mass is 16.3. The summed E-state index contributed by atoms with van der Waals surface area (Å²) in [7, 11) is 0. The van der Waals surface area contributed by atoms with Crippen molar-refractivity contribution in [1.82, 2.24) is 0 Å². The van der Waals surface area contributed by atoms with Crippen molar-refractivity contribution in [3.63, 3.8) is 0 Å². The summed E-state index contributed by atoms with van der Waals surface area (Å²) in [6.07, 6.45) is 6.48. The average Bonchev–Trinajstić information content (AvgIpc) is 2.35. The molecule has 1 aromatic rings. The van der Waals surface area contributed by atoms with Crippen LogP contribution < -0.4 is 5.73 Å². The molecule has 16 heavy (non-hydrogen) atoms. The number of hydrogen-bond acceptors (Lipinski definition) is 2. The molecule has 1 atom stereocenters. The van der Waals surface area contributed by atoms with Crippen molar-refractivity contribution in [2.24, 2.45) is 5.73 Å². The molecule has 0 aliphatic carbocycles. The minimum Gasteiger partial charge on any atom is -0.405 e. The van der Waals surface area contributed by atoms with Gasteiger partial charge in [-0.05, 0) is 29.8 Å². The Hall–Kier alpha value is -1.54. The average molecular weight is 217 g/mol. The molecule has 0 amide bonds. The van der Waals surface area contributed by atoms with E-state index >= 15 is 0 Å². The van der Waals surface area contributed by atoms with Gasteiger partial charge in [0, 0.05) is 0 Å². The molecule has 0 aliphatic rings. The molecule has 1 unspecified atom stereocenters. The molecule has 1 aromatic carbocycles. The van der Waals surface area contributed by atoms with Crippen molar-refractivity contribution in [1.29, 1.82) is 0 Å². The van der Waals surface area contributed by atoms with Gasteiger partial charge in [-0.2, -0.15) is 0 Å². The van der Waals surface area contributed by atoms with Crippen LogP contribution in [0.3, 0.4) is 0 Å². The Morgan fingerprint density at radius 2 is 2.06 bits per heavy atom. The van der Waals surface area contributed by atoms with Gasteiger partial charge < -0.3 is 10.8 Å². The maximum Gasteiger partial charge on any atom is 0.100 e. The summed E-state index contributed by atoms with van der Waals surface area (Å²) in [6, 6.07) is 9.67. The van der Waals surface area contributed by atoms with Gasteiger partial charge in [-0.25, -0.2) is 0 Å². The first kappa shape index (κ1) is 12.5. The molecule has 0 radical (unpaired) electrons. The fraction of sp³-hybridized carbons (Fsp3) is 0.286. The molecule has 0 bridgehead atoms. The fourth-order valence-electron chi connectivity index (χ4n) is 1.63. The highest BCUT2D eigenvalue weighted by Gasteiger charge is 2.11. The number of hydrogen-bond donors (Lipinski definition) is 2. The van der Waals surface area contributed by atoms with Gasteiger partial charge in [0.2, 0.25) is 0 Å². The molecule has 0 spiro atoms. The normalized spacial score (nSPS) is 14.2. The van der Waals surface area contributed by atoms with Crippen LogP contribution >= 0.6 is 0 Å². The van der Waals surface area contributed by atoms with Crippen LogP contribution in [0.15, 0.2) is 54.3 Å². The van der Waals surface area contributed by atoms with Crippen LogP contribution in [0.4, 0.5) is 0 Å². The van der Waals surface area contributed by atoms with Crippen LogP contribution in [0.1, 0.15) is 31.4 Å². The molecular weight excluding hydrogens is 198 g/mol. The lowest BCUT2D eigenvalue weighted by atomic mass is 9.98. The summed E-state index contributed by atoms with van der Waals surface area (Å²) in [5.41, 5.74) is 7.22. The zero-order chi connectivity index (χ0) is 11.8. The summed E-state index contributed by atoms with van der Waals surface area (Å²) < 4.78 is 0. The van der Waals surface area contributed by atoms with E-state index in [1.54, 1.807) is 6.08 Å². The molecule has 86 valence electrons. The number of nitrogens with two attached hydrogens (primary N) is 1. The third-order valence-electron chi connectivity index (χ3n) is 2.43. The Bertz CT molecular complexity index is 354. The summed E-state index contributed by atoms with van der Waals surface area (Å²) in [4.78, 5) is 0. The molecule has 2 heteroatoms.